The summed E-state index contributed by atoms with van der Waals surface area (Å²) in [7, 11) is 0. The van der Waals surface area contributed by atoms with Crippen LogP contribution in [0, 0.1) is 5.82 Å². The summed E-state index contributed by atoms with van der Waals surface area (Å²) in [6, 6.07) is 23.1. The van der Waals surface area contributed by atoms with Crippen LogP contribution in [0.1, 0.15) is 0 Å². The van der Waals surface area contributed by atoms with Crippen LogP contribution in [-0.2, 0) is 0 Å². The summed E-state index contributed by atoms with van der Waals surface area (Å²) >= 11 is 0. The van der Waals surface area contributed by atoms with Gasteiger partial charge in [-0.3, -0.25) is 4.98 Å². The van der Waals surface area contributed by atoms with Gasteiger partial charge in [0.1, 0.15) is 5.82 Å². The average molecular weight is 299 g/mol. The topological polar surface area (TPSA) is 12.9 Å². The third-order valence-electron chi connectivity index (χ3n) is 4.01. The Balaban J connectivity index is 1.91. The predicted molar refractivity (Wildman–Crippen MR) is 92.6 cm³/mol. The van der Waals surface area contributed by atoms with Gasteiger partial charge in [-0.1, -0.05) is 48.5 Å². The van der Waals surface area contributed by atoms with E-state index in [9.17, 15) is 4.39 Å². The summed E-state index contributed by atoms with van der Waals surface area (Å²) < 4.78 is 13.6. The van der Waals surface area contributed by atoms with E-state index in [0.29, 0.717) is 0 Å². The van der Waals surface area contributed by atoms with Crippen LogP contribution in [0.4, 0.5) is 4.39 Å². The fraction of sp³-hybridized carbons (Fsp3) is 0. The SMILES string of the molecule is Fc1cccc(-c2ccccc2-c2ccc3ccncc3c2)c1. The second-order valence-electron chi connectivity index (χ2n) is 5.49. The van der Waals surface area contributed by atoms with E-state index >= 15 is 0 Å². The third kappa shape index (κ3) is 2.59. The first-order valence-electron chi connectivity index (χ1n) is 7.50. The molecule has 4 rings (SSSR count). The van der Waals surface area contributed by atoms with Gasteiger partial charge in [0.25, 0.3) is 0 Å². The maximum atomic E-state index is 13.6. The lowest BCUT2D eigenvalue weighted by atomic mass is 9.93. The number of hydrogen-bond acceptors (Lipinski definition) is 1. The number of nitrogens with zero attached hydrogens (tertiary/aromatic N) is 1. The van der Waals surface area contributed by atoms with Crippen LogP contribution < -0.4 is 0 Å². The van der Waals surface area contributed by atoms with Crippen molar-refractivity contribution < 1.29 is 4.39 Å². The third-order valence-corrected chi connectivity index (χ3v) is 4.01. The van der Waals surface area contributed by atoms with Crippen molar-refractivity contribution in [1.82, 2.24) is 4.98 Å². The number of pyridine rings is 1. The minimum atomic E-state index is -0.222. The summed E-state index contributed by atoms with van der Waals surface area (Å²) in [5, 5.41) is 2.26. The van der Waals surface area contributed by atoms with Crippen LogP contribution in [0.2, 0.25) is 0 Å². The van der Waals surface area contributed by atoms with E-state index in [2.05, 4.69) is 29.2 Å². The molecule has 0 saturated carbocycles. The number of rotatable bonds is 2. The van der Waals surface area contributed by atoms with Crippen molar-refractivity contribution in [2.24, 2.45) is 0 Å². The van der Waals surface area contributed by atoms with E-state index in [1.165, 1.54) is 6.07 Å². The Bertz CT molecular complexity index is 991. The molecule has 0 N–H and O–H groups in total. The molecule has 0 bridgehead atoms. The van der Waals surface area contributed by atoms with Gasteiger partial charge in [-0.05, 0) is 51.9 Å². The minimum absolute atomic E-state index is 0.222. The van der Waals surface area contributed by atoms with Crippen molar-refractivity contribution in [3.63, 3.8) is 0 Å². The molecule has 0 amide bonds. The van der Waals surface area contributed by atoms with Crippen molar-refractivity contribution >= 4 is 10.8 Å². The van der Waals surface area contributed by atoms with E-state index < -0.39 is 0 Å². The molecule has 2 heteroatoms. The van der Waals surface area contributed by atoms with Crippen molar-refractivity contribution in [2.75, 3.05) is 0 Å². The fourth-order valence-corrected chi connectivity index (χ4v) is 2.90. The quantitative estimate of drug-likeness (QED) is 0.462. The maximum Gasteiger partial charge on any atom is 0.123 e. The Kier molecular flexibility index (Phi) is 3.35. The van der Waals surface area contributed by atoms with Crippen molar-refractivity contribution in [3.8, 4) is 22.3 Å². The van der Waals surface area contributed by atoms with Crippen LogP contribution >= 0.6 is 0 Å². The smallest absolute Gasteiger partial charge is 0.123 e. The zero-order valence-electron chi connectivity index (χ0n) is 12.4. The molecule has 110 valence electrons. The highest BCUT2D eigenvalue weighted by molar-refractivity contribution is 5.90. The van der Waals surface area contributed by atoms with Crippen molar-refractivity contribution in [2.45, 2.75) is 0 Å². The standard InChI is InChI=1S/C21H14FN/c22-19-5-3-4-16(13-19)20-6-1-2-7-21(20)17-9-8-15-10-11-23-14-18(15)12-17/h1-14H. The van der Waals surface area contributed by atoms with E-state index in [1.807, 2.05) is 36.5 Å². The van der Waals surface area contributed by atoms with E-state index in [-0.39, 0.29) is 5.82 Å². The molecule has 0 radical (unpaired) electrons. The molecule has 0 saturated heterocycles. The molecule has 0 aliphatic rings. The van der Waals surface area contributed by atoms with E-state index in [0.717, 1.165) is 33.0 Å². The molecule has 0 atom stereocenters. The van der Waals surface area contributed by atoms with Gasteiger partial charge in [-0.2, -0.15) is 0 Å². The Morgan fingerprint density at radius 3 is 2.22 bits per heavy atom. The lowest BCUT2D eigenvalue weighted by Gasteiger charge is -2.11. The monoisotopic (exact) mass is 299 g/mol. The number of fused-ring (bicyclic) bond motifs is 1. The van der Waals surface area contributed by atoms with E-state index in [4.69, 9.17) is 0 Å². The first kappa shape index (κ1) is 13.6. The fourth-order valence-electron chi connectivity index (χ4n) is 2.90. The Morgan fingerprint density at radius 2 is 1.43 bits per heavy atom. The highest BCUT2D eigenvalue weighted by atomic mass is 19.1. The van der Waals surface area contributed by atoms with Gasteiger partial charge in [0.05, 0.1) is 0 Å². The lowest BCUT2D eigenvalue weighted by molar-refractivity contribution is 0.628. The van der Waals surface area contributed by atoms with Gasteiger partial charge in [0.2, 0.25) is 0 Å². The molecular formula is C21H14FN. The maximum absolute atomic E-state index is 13.6. The summed E-state index contributed by atoms with van der Waals surface area (Å²) in [4.78, 5) is 4.19. The molecule has 1 heterocycles. The van der Waals surface area contributed by atoms with Crippen LogP contribution in [0.3, 0.4) is 0 Å². The van der Waals surface area contributed by atoms with Crippen LogP contribution in [0.15, 0.2) is 85.2 Å². The van der Waals surface area contributed by atoms with Gasteiger partial charge in [0.15, 0.2) is 0 Å². The molecule has 23 heavy (non-hydrogen) atoms. The molecule has 0 aliphatic heterocycles. The molecule has 0 fully saturated rings. The van der Waals surface area contributed by atoms with E-state index in [1.54, 1.807) is 18.3 Å². The number of hydrogen-bond donors (Lipinski definition) is 0. The number of aromatic nitrogens is 1. The zero-order valence-corrected chi connectivity index (χ0v) is 12.4. The highest BCUT2D eigenvalue weighted by Crippen LogP contribution is 2.33. The summed E-state index contributed by atoms with van der Waals surface area (Å²) in [5.41, 5.74) is 4.09. The summed E-state index contributed by atoms with van der Waals surface area (Å²) in [6.07, 6.45) is 3.66. The predicted octanol–water partition coefficient (Wildman–Crippen LogP) is 5.71. The highest BCUT2D eigenvalue weighted by Gasteiger charge is 2.08. The molecule has 4 aromatic rings. The Hall–Kier alpha value is -3.00. The molecule has 0 unspecified atom stereocenters. The molecular weight excluding hydrogens is 285 g/mol. The lowest BCUT2D eigenvalue weighted by Crippen LogP contribution is -1.86. The van der Waals surface area contributed by atoms with Crippen molar-refractivity contribution in [1.29, 1.82) is 0 Å². The second kappa shape index (κ2) is 5.65. The average Bonchev–Trinajstić information content (AvgIpc) is 2.61. The first-order chi connectivity index (χ1) is 11.3. The zero-order chi connectivity index (χ0) is 15.6. The number of halogens is 1. The molecule has 0 aliphatic carbocycles. The van der Waals surface area contributed by atoms with Crippen molar-refractivity contribution in [3.05, 3.63) is 91.0 Å². The van der Waals surface area contributed by atoms with Gasteiger partial charge in [-0.15, -0.1) is 0 Å². The molecule has 3 aromatic carbocycles. The summed E-state index contributed by atoms with van der Waals surface area (Å²) in [6.45, 7) is 0. The number of benzene rings is 3. The molecule has 0 spiro atoms. The van der Waals surface area contributed by atoms with Crippen LogP contribution in [0.25, 0.3) is 33.0 Å². The largest absolute Gasteiger partial charge is 0.264 e. The first-order valence-corrected chi connectivity index (χ1v) is 7.50. The Morgan fingerprint density at radius 1 is 0.652 bits per heavy atom. The van der Waals surface area contributed by atoms with Gasteiger partial charge < -0.3 is 0 Å². The van der Waals surface area contributed by atoms with Gasteiger partial charge in [0, 0.05) is 17.8 Å². The molecule has 1 nitrogen and oxygen atoms in total. The van der Waals surface area contributed by atoms with Gasteiger partial charge >= 0.3 is 0 Å². The molecule has 1 aromatic heterocycles. The Labute approximate surface area is 134 Å². The van der Waals surface area contributed by atoms with Crippen LogP contribution in [-0.4, -0.2) is 4.98 Å². The van der Waals surface area contributed by atoms with Crippen LogP contribution in [0.5, 0.6) is 0 Å². The second-order valence-corrected chi connectivity index (χ2v) is 5.49. The minimum Gasteiger partial charge on any atom is -0.264 e. The normalized spacial score (nSPS) is 10.8. The van der Waals surface area contributed by atoms with Gasteiger partial charge in [-0.25, -0.2) is 4.39 Å². The summed E-state index contributed by atoms with van der Waals surface area (Å²) in [5.74, 6) is -0.222.